The second-order valence-corrected chi connectivity index (χ2v) is 8.43. The summed E-state index contributed by atoms with van der Waals surface area (Å²) < 4.78 is 34.4. The zero-order valence-electron chi connectivity index (χ0n) is 16.1. The molecule has 3 aliphatic heterocycles. The van der Waals surface area contributed by atoms with Crippen LogP contribution in [0.4, 0.5) is 8.78 Å². The first-order chi connectivity index (χ1) is 13.9. The average molecular weight is 416 g/mol. The number of nitrogens with two attached hydrogens (primary N) is 1. The number of amidine groups is 1. The number of rotatable bonds is 3. The molecule has 0 aliphatic carbocycles. The lowest BCUT2D eigenvalue weighted by atomic mass is 9.74. The molecule has 0 aromatic heterocycles. The van der Waals surface area contributed by atoms with Crippen molar-refractivity contribution in [2.24, 2.45) is 16.6 Å². The number of fused-ring (bicyclic) bond motifs is 1. The fourth-order valence-corrected chi connectivity index (χ4v) is 5.11. The molecule has 3 heterocycles. The van der Waals surface area contributed by atoms with E-state index in [0.717, 1.165) is 17.3 Å². The van der Waals surface area contributed by atoms with Crippen LogP contribution < -0.4 is 5.73 Å². The number of halogens is 2. The molecule has 4 nitrogen and oxygen atoms in total. The molecular weight excluding hydrogens is 392 g/mol. The van der Waals surface area contributed by atoms with Crippen molar-refractivity contribution in [3.63, 3.8) is 0 Å². The fourth-order valence-electron chi connectivity index (χ4n) is 4.10. The summed E-state index contributed by atoms with van der Waals surface area (Å²) in [5.41, 5.74) is 7.30. The Morgan fingerprint density at radius 1 is 1.38 bits per heavy atom. The number of hydrogen-bond donors (Lipinski definition) is 1. The van der Waals surface area contributed by atoms with Gasteiger partial charge in [-0.05, 0) is 31.1 Å². The van der Waals surface area contributed by atoms with Gasteiger partial charge >= 0.3 is 0 Å². The Balaban J connectivity index is 1.66. The largest absolute Gasteiger partial charge is 0.379 e. The van der Waals surface area contributed by atoms with Crippen LogP contribution in [0.5, 0.6) is 0 Å². The Bertz CT molecular complexity index is 955. The maximum absolute atomic E-state index is 14.7. The van der Waals surface area contributed by atoms with Gasteiger partial charge in [0.05, 0.1) is 12.7 Å². The summed E-state index contributed by atoms with van der Waals surface area (Å²) in [7, 11) is 0. The maximum atomic E-state index is 14.7. The van der Waals surface area contributed by atoms with Crippen LogP contribution in [-0.4, -0.2) is 28.5 Å². The van der Waals surface area contributed by atoms with Crippen LogP contribution >= 0.6 is 11.8 Å². The van der Waals surface area contributed by atoms with Gasteiger partial charge in [0.1, 0.15) is 17.2 Å². The van der Waals surface area contributed by atoms with Crippen LogP contribution in [0.1, 0.15) is 18.9 Å². The topological polar surface area (TPSA) is 50.9 Å². The third-order valence-corrected chi connectivity index (χ3v) is 6.54. The lowest BCUT2D eigenvalue weighted by molar-refractivity contribution is -0.0384. The summed E-state index contributed by atoms with van der Waals surface area (Å²) in [6.07, 6.45) is 10.4. The first-order valence-corrected chi connectivity index (χ1v) is 10.5. The molecular formula is C22H23F2N3OS. The molecule has 0 unspecified atom stereocenters. The second-order valence-electron chi connectivity index (χ2n) is 7.39. The van der Waals surface area contributed by atoms with Crippen molar-refractivity contribution in [1.29, 1.82) is 0 Å². The van der Waals surface area contributed by atoms with Crippen molar-refractivity contribution < 1.29 is 13.5 Å². The van der Waals surface area contributed by atoms with Crippen LogP contribution in [0.25, 0.3) is 0 Å². The van der Waals surface area contributed by atoms with Crippen LogP contribution in [-0.2, 0) is 10.3 Å². The Hall–Kier alpha value is -2.38. The van der Waals surface area contributed by atoms with Gasteiger partial charge in [-0.3, -0.25) is 0 Å². The smallest absolute Gasteiger partial charge is 0.154 e. The lowest BCUT2D eigenvalue weighted by Crippen LogP contribution is -2.50. The van der Waals surface area contributed by atoms with E-state index in [4.69, 9.17) is 10.5 Å². The molecule has 1 fully saturated rings. The van der Waals surface area contributed by atoms with Gasteiger partial charge in [0.25, 0.3) is 0 Å². The highest BCUT2D eigenvalue weighted by Gasteiger charge is 2.49. The third-order valence-electron chi connectivity index (χ3n) is 5.59. The average Bonchev–Trinajstić information content (AvgIpc) is 2.69. The van der Waals surface area contributed by atoms with Gasteiger partial charge in [0.2, 0.25) is 0 Å². The zero-order chi connectivity index (χ0) is 20.6. The predicted molar refractivity (Wildman–Crippen MR) is 113 cm³/mol. The number of thioether (sulfide) groups is 1. The maximum Gasteiger partial charge on any atom is 0.154 e. The van der Waals surface area contributed by atoms with Gasteiger partial charge in [0.15, 0.2) is 5.17 Å². The normalized spacial score (nSPS) is 29.6. The second kappa shape index (κ2) is 7.80. The summed E-state index contributed by atoms with van der Waals surface area (Å²) in [5, 5.41) is 0.402. The molecule has 0 saturated carbocycles. The molecule has 2 N–H and O–H groups in total. The Kier molecular flexibility index (Phi) is 5.36. The molecule has 1 aromatic rings. The molecule has 3 atom stereocenters. The van der Waals surface area contributed by atoms with E-state index in [1.54, 1.807) is 0 Å². The lowest BCUT2D eigenvalue weighted by Gasteiger charge is -2.46. The SMILES string of the molecule is C=C1C=CC([C@H]2C[C@H]3CSC(N)=N[C@@]3(c3ccc(F)cc3F)CO2)=CN1/C=C\C. The number of aliphatic imine (C=N–C) groups is 1. The van der Waals surface area contributed by atoms with Crippen molar-refractivity contribution in [1.82, 2.24) is 4.90 Å². The standard InChI is InChI=1S/C22H23F2N3OS/c1-3-8-27-11-15(5-4-14(27)2)20-9-16-12-29-21(25)26-22(16,13-28-20)18-7-6-17(23)10-19(18)24/h3-8,10-11,16,20H,2,9,12-13H2,1H3,(H2,25,26)/b8-3-/t16-,20+,22-/m0/s1. The number of allylic oxidation sites excluding steroid dienone is 2. The van der Waals surface area contributed by atoms with Crippen molar-refractivity contribution in [2.45, 2.75) is 25.0 Å². The molecule has 7 heteroatoms. The monoisotopic (exact) mass is 415 g/mol. The van der Waals surface area contributed by atoms with E-state index in [1.165, 1.54) is 23.9 Å². The fraction of sp³-hybridized carbons (Fsp3) is 0.318. The molecule has 0 spiro atoms. The van der Waals surface area contributed by atoms with E-state index in [2.05, 4.69) is 11.6 Å². The van der Waals surface area contributed by atoms with Gasteiger partial charge < -0.3 is 15.4 Å². The molecule has 1 aromatic carbocycles. The van der Waals surface area contributed by atoms with E-state index in [-0.39, 0.29) is 18.6 Å². The van der Waals surface area contributed by atoms with Gasteiger partial charge in [-0.15, -0.1) is 0 Å². The van der Waals surface area contributed by atoms with Crippen LogP contribution in [0.2, 0.25) is 0 Å². The summed E-state index contributed by atoms with van der Waals surface area (Å²) in [5.74, 6) is -0.521. The van der Waals surface area contributed by atoms with E-state index >= 15 is 0 Å². The summed E-state index contributed by atoms with van der Waals surface area (Å²) in [4.78, 5) is 6.58. The molecule has 1 saturated heterocycles. The Morgan fingerprint density at radius 3 is 2.97 bits per heavy atom. The van der Waals surface area contributed by atoms with Crippen molar-refractivity contribution >= 4 is 16.9 Å². The van der Waals surface area contributed by atoms with Gasteiger partial charge in [-0.1, -0.05) is 36.6 Å². The van der Waals surface area contributed by atoms with E-state index in [1.807, 2.05) is 42.5 Å². The first-order valence-electron chi connectivity index (χ1n) is 9.48. The number of hydrogen-bond acceptors (Lipinski definition) is 5. The summed E-state index contributed by atoms with van der Waals surface area (Å²) >= 11 is 1.47. The van der Waals surface area contributed by atoms with Crippen molar-refractivity contribution in [2.75, 3.05) is 12.4 Å². The highest BCUT2D eigenvalue weighted by atomic mass is 32.2. The molecule has 4 rings (SSSR count). The van der Waals surface area contributed by atoms with Crippen LogP contribution in [0.15, 0.2) is 71.7 Å². The predicted octanol–water partition coefficient (Wildman–Crippen LogP) is 4.43. The summed E-state index contributed by atoms with van der Waals surface area (Å²) in [6, 6.07) is 3.62. The Labute approximate surface area is 173 Å². The third kappa shape index (κ3) is 3.65. The van der Waals surface area contributed by atoms with Crippen molar-refractivity contribution in [3.05, 3.63) is 83.9 Å². The first kappa shape index (κ1) is 19.9. The van der Waals surface area contributed by atoms with Crippen LogP contribution in [0.3, 0.4) is 0 Å². The molecule has 0 amide bonds. The number of benzene rings is 1. The minimum absolute atomic E-state index is 0.00751. The van der Waals surface area contributed by atoms with E-state index in [0.29, 0.717) is 22.9 Å². The number of nitrogens with zero attached hydrogens (tertiary/aromatic N) is 2. The van der Waals surface area contributed by atoms with Crippen LogP contribution in [0, 0.1) is 17.6 Å². The molecule has 29 heavy (non-hydrogen) atoms. The minimum Gasteiger partial charge on any atom is -0.379 e. The molecule has 152 valence electrons. The zero-order valence-corrected chi connectivity index (χ0v) is 17.0. The molecule has 0 radical (unpaired) electrons. The molecule has 3 aliphatic rings. The summed E-state index contributed by atoms with van der Waals surface area (Å²) in [6.45, 7) is 6.16. The van der Waals surface area contributed by atoms with E-state index < -0.39 is 17.2 Å². The quantitative estimate of drug-likeness (QED) is 0.794. The van der Waals surface area contributed by atoms with Gasteiger partial charge in [0, 0.05) is 41.4 Å². The van der Waals surface area contributed by atoms with Gasteiger partial charge in [-0.2, -0.15) is 0 Å². The highest BCUT2D eigenvalue weighted by Crippen LogP contribution is 2.47. The van der Waals surface area contributed by atoms with Crippen molar-refractivity contribution in [3.8, 4) is 0 Å². The molecule has 0 bridgehead atoms. The van der Waals surface area contributed by atoms with Gasteiger partial charge in [-0.25, -0.2) is 13.8 Å². The van der Waals surface area contributed by atoms with E-state index in [9.17, 15) is 8.78 Å². The minimum atomic E-state index is -0.935. The highest BCUT2D eigenvalue weighted by molar-refractivity contribution is 8.13. The number of ether oxygens (including phenoxy) is 1. The Morgan fingerprint density at radius 2 is 2.21 bits per heavy atom.